The Morgan fingerprint density at radius 2 is 2.04 bits per heavy atom. The first-order valence-electron chi connectivity index (χ1n) is 8.46. The molecule has 3 rings (SSSR count). The molecule has 2 aromatic rings. The van der Waals surface area contributed by atoms with Crippen molar-refractivity contribution in [2.45, 2.75) is 39.3 Å². The van der Waals surface area contributed by atoms with Crippen LogP contribution in [0.4, 0.5) is 11.4 Å². The van der Waals surface area contributed by atoms with E-state index in [4.69, 9.17) is 0 Å². The van der Waals surface area contributed by atoms with Gasteiger partial charge in [0.25, 0.3) is 5.91 Å². The number of carbonyl (C=O) groups excluding carboxylic acids is 1. The summed E-state index contributed by atoms with van der Waals surface area (Å²) in [5.41, 5.74) is 3.19. The van der Waals surface area contributed by atoms with E-state index in [1.807, 2.05) is 38.1 Å². The number of piperidine rings is 1. The lowest BCUT2D eigenvalue weighted by molar-refractivity contribution is 0.101. The minimum Gasteiger partial charge on any atom is -0.393 e. The number of anilines is 2. The van der Waals surface area contributed by atoms with Crippen molar-refractivity contribution >= 4 is 17.3 Å². The molecule has 2 N–H and O–H groups in total. The number of hydrogen-bond acceptors (Lipinski definition) is 4. The molecule has 6 heteroatoms. The van der Waals surface area contributed by atoms with Gasteiger partial charge in [-0.3, -0.25) is 9.48 Å². The Balaban J connectivity index is 1.81. The fourth-order valence-corrected chi connectivity index (χ4v) is 3.12. The number of nitrogens with zero attached hydrogens (tertiary/aromatic N) is 3. The molecule has 1 aliphatic heterocycles. The molecule has 24 heavy (non-hydrogen) atoms. The fourth-order valence-electron chi connectivity index (χ4n) is 3.12. The van der Waals surface area contributed by atoms with Crippen molar-refractivity contribution in [3.8, 4) is 0 Å². The largest absolute Gasteiger partial charge is 0.393 e. The van der Waals surface area contributed by atoms with Gasteiger partial charge in [0.1, 0.15) is 5.69 Å². The molecule has 0 aliphatic carbocycles. The van der Waals surface area contributed by atoms with Crippen LogP contribution in [-0.2, 0) is 6.54 Å². The van der Waals surface area contributed by atoms with Crippen LogP contribution in [-0.4, -0.2) is 40.0 Å². The third-order valence-corrected chi connectivity index (χ3v) is 4.39. The van der Waals surface area contributed by atoms with E-state index in [0.717, 1.165) is 43.0 Å². The molecule has 0 atom stereocenters. The van der Waals surface area contributed by atoms with Crippen molar-refractivity contribution in [3.05, 3.63) is 41.7 Å². The molecule has 1 fully saturated rings. The van der Waals surface area contributed by atoms with E-state index in [1.54, 1.807) is 10.7 Å². The van der Waals surface area contributed by atoms with Crippen LogP contribution in [0.2, 0.25) is 0 Å². The van der Waals surface area contributed by atoms with E-state index in [0.29, 0.717) is 12.2 Å². The number of aliphatic hydroxyl groups excluding tert-OH is 1. The number of aromatic nitrogens is 2. The Morgan fingerprint density at radius 1 is 1.33 bits per heavy atom. The summed E-state index contributed by atoms with van der Waals surface area (Å²) >= 11 is 0. The highest BCUT2D eigenvalue weighted by molar-refractivity contribution is 6.05. The predicted molar refractivity (Wildman–Crippen MR) is 94.5 cm³/mol. The summed E-state index contributed by atoms with van der Waals surface area (Å²) in [5, 5.41) is 17.0. The highest BCUT2D eigenvalue weighted by Gasteiger charge is 2.21. The molecular formula is C18H24N4O2. The lowest BCUT2D eigenvalue weighted by Crippen LogP contribution is -2.36. The predicted octanol–water partition coefficient (Wildman–Crippen LogP) is 2.42. The molecule has 0 bridgehead atoms. The van der Waals surface area contributed by atoms with Crippen molar-refractivity contribution in [2.24, 2.45) is 0 Å². The Hall–Kier alpha value is -2.34. The van der Waals surface area contributed by atoms with Gasteiger partial charge in [-0.2, -0.15) is 5.10 Å². The summed E-state index contributed by atoms with van der Waals surface area (Å²) in [7, 11) is 0. The summed E-state index contributed by atoms with van der Waals surface area (Å²) in [5.74, 6) is -0.151. The van der Waals surface area contributed by atoms with Gasteiger partial charge in [0.15, 0.2) is 0 Å². The fraction of sp³-hybridized carbons (Fsp3) is 0.444. The Morgan fingerprint density at radius 3 is 2.75 bits per heavy atom. The number of amides is 1. The molecule has 0 spiro atoms. The molecule has 1 saturated heterocycles. The maximum atomic E-state index is 12.7. The smallest absolute Gasteiger partial charge is 0.273 e. The monoisotopic (exact) mass is 328 g/mol. The van der Waals surface area contributed by atoms with E-state index in [2.05, 4.69) is 15.3 Å². The van der Waals surface area contributed by atoms with Gasteiger partial charge >= 0.3 is 0 Å². The first kappa shape index (κ1) is 16.5. The van der Waals surface area contributed by atoms with Crippen molar-refractivity contribution in [3.63, 3.8) is 0 Å². The highest BCUT2D eigenvalue weighted by Crippen LogP contribution is 2.28. The maximum absolute atomic E-state index is 12.7. The summed E-state index contributed by atoms with van der Waals surface area (Å²) in [4.78, 5) is 14.9. The van der Waals surface area contributed by atoms with E-state index < -0.39 is 0 Å². The Kier molecular flexibility index (Phi) is 4.85. The third kappa shape index (κ3) is 3.43. The van der Waals surface area contributed by atoms with Crippen LogP contribution in [0.1, 0.15) is 35.9 Å². The molecule has 1 aromatic carbocycles. The first-order chi connectivity index (χ1) is 11.6. The van der Waals surface area contributed by atoms with Gasteiger partial charge in [0.05, 0.1) is 23.2 Å². The molecule has 1 aromatic heterocycles. The van der Waals surface area contributed by atoms with E-state index >= 15 is 0 Å². The van der Waals surface area contributed by atoms with Gasteiger partial charge in [-0.25, -0.2) is 0 Å². The number of rotatable bonds is 4. The molecule has 6 nitrogen and oxygen atoms in total. The van der Waals surface area contributed by atoms with Gasteiger partial charge in [-0.1, -0.05) is 12.1 Å². The number of para-hydroxylation sites is 2. The lowest BCUT2D eigenvalue weighted by atomic mass is 10.1. The number of hydrogen-bond donors (Lipinski definition) is 2. The van der Waals surface area contributed by atoms with Crippen LogP contribution in [0, 0.1) is 6.92 Å². The van der Waals surface area contributed by atoms with Gasteiger partial charge in [0, 0.05) is 19.6 Å². The second-order valence-corrected chi connectivity index (χ2v) is 6.18. The SMILES string of the molecule is CCn1nc(C)cc1C(=O)Nc1ccccc1N1CCC(O)CC1. The van der Waals surface area contributed by atoms with Crippen molar-refractivity contribution < 1.29 is 9.90 Å². The number of carbonyl (C=O) groups is 1. The third-order valence-electron chi connectivity index (χ3n) is 4.39. The molecule has 1 amide bonds. The minimum atomic E-state index is -0.218. The van der Waals surface area contributed by atoms with Crippen LogP contribution in [0.15, 0.2) is 30.3 Å². The molecule has 0 unspecified atom stereocenters. The normalized spacial score (nSPS) is 15.5. The van der Waals surface area contributed by atoms with Gasteiger partial charge in [0.2, 0.25) is 0 Å². The van der Waals surface area contributed by atoms with Crippen LogP contribution in [0.5, 0.6) is 0 Å². The molecular weight excluding hydrogens is 304 g/mol. The Bertz CT molecular complexity index is 718. The van der Waals surface area contributed by atoms with Crippen LogP contribution in [0.25, 0.3) is 0 Å². The average Bonchev–Trinajstić information content (AvgIpc) is 2.97. The zero-order valence-corrected chi connectivity index (χ0v) is 14.2. The quantitative estimate of drug-likeness (QED) is 0.904. The zero-order valence-electron chi connectivity index (χ0n) is 14.2. The summed E-state index contributed by atoms with van der Waals surface area (Å²) < 4.78 is 1.71. The molecule has 2 heterocycles. The molecule has 128 valence electrons. The number of benzene rings is 1. The van der Waals surface area contributed by atoms with Gasteiger partial charge in [-0.05, 0) is 44.9 Å². The summed E-state index contributed by atoms with van der Waals surface area (Å²) in [6.45, 7) is 6.09. The standard InChI is InChI=1S/C18H24N4O2/c1-3-22-17(12-13(2)20-22)18(24)19-15-6-4-5-7-16(15)21-10-8-14(23)9-11-21/h4-7,12,14,23H,3,8-11H2,1-2H3,(H,19,24). The minimum absolute atomic E-state index is 0.151. The summed E-state index contributed by atoms with van der Waals surface area (Å²) in [6, 6.07) is 9.61. The maximum Gasteiger partial charge on any atom is 0.273 e. The van der Waals surface area contributed by atoms with Gasteiger partial charge < -0.3 is 15.3 Å². The van der Waals surface area contributed by atoms with Crippen molar-refractivity contribution in [1.29, 1.82) is 0 Å². The van der Waals surface area contributed by atoms with E-state index in [-0.39, 0.29) is 12.0 Å². The van der Waals surface area contributed by atoms with Crippen LogP contribution in [0.3, 0.4) is 0 Å². The highest BCUT2D eigenvalue weighted by atomic mass is 16.3. The number of aliphatic hydroxyl groups is 1. The summed E-state index contributed by atoms with van der Waals surface area (Å²) in [6.07, 6.45) is 1.29. The van der Waals surface area contributed by atoms with Crippen LogP contribution < -0.4 is 10.2 Å². The number of aryl methyl sites for hydroxylation is 2. The van der Waals surface area contributed by atoms with Crippen molar-refractivity contribution in [2.75, 3.05) is 23.3 Å². The van der Waals surface area contributed by atoms with E-state index in [1.165, 1.54) is 0 Å². The second-order valence-electron chi connectivity index (χ2n) is 6.18. The topological polar surface area (TPSA) is 70.4 Å². The van der Waals surface area contributed by atoms with E-state index in [9.17, 15) is 9.90 Å². The molecule has 0 radical (unpaired) electrons. The first-order valence-corrected chi connectivity index (χ1v) is 8.46. The van der Waals surface area contributed by atoms with Gasteiger partial charge in [-0.15, -0.1) is 0 Å². The van der Waals surface area contributed by atoms with Crippen LogP contribution >= 0.6 is 0 Å². The zero-order chi connectivity index (χ0) is 17.1. The average molecular weight is 328 g/mol. The second kappa shape index (κ2) is 7.05. The molecule has 1 aliphatic rings. The molecule has 0 saturated carbocycles. The van der Waals surface area contributed by atoms with Crippen molar-refractivity contribution in [1.82, 2.24) is 9.78 Å². The number of nitrogens with one attached hydrogen (secondary N) is 1. The lowest BCUT2D eigenvalue weighted by Gasteiger charge is -2.32. The Labute approximate surface area is 142 Å².